The third-order valence-electron chi connectivity index (χ3n) is 2.74. The fraction of sp³-hybridized carbons (Fsp3) is 1.00. The van der Waals surface area contributed by atoms with Crippen molar-refractivity contribution in [1.82, 2.24) is 0 Å². The van der Waals surface area contributed by atoms with Gasteiger partial charge in [-0.25, -0.2) is 0 Å². The second-order valence-corrected chi connectivity index (χ2v) is 5.95. The molecule has 3 atom stereocenters. The molecule has 0 bridgehead atoms. The lowest BCUT2D eigenvalue weighted by molar-refractivity contribution is -0.243. The van der Waals surface area contributed by atoms with E-state index in [1.165, 1.54) is 8.86 Å². The molecular formula is C11H20I2O2. The number of rotatable bonds is 5. The smallest absolute Gasteiger partial charge is 0.158 e. The Bertz CT molecular complexity index is 174. The Morgan fingerprint density at radius 3 is 2.47 bits per heavy atom. The lowest BCUT2D eigenvalue weighted by Gasteiger charge is -2.35. The number of halogens is 2. The summed E-state index contributed by atoms with van der Waals surface area (Å²) in [4.78, 5) is 0. The van der Waals surface area contributed by atoms with E-state index >= 15 is 0 Å². The van der Waals surface area contributed by atoms with E-state index in [9.17, 15) is 0 Å². The van der Waals surface area contributed by atoms with Gasteiger partial charge in [0.1, 0.15) is 0 Å². The first-order chi connectivity index (χ1) is 7.19. The molecule has 3 unspecified atom stereocenters. The number of ether oxygens (including phenoxy) is 2. The molecule has 0 aliphatic carbocycles. The highest BCUT2D eigenvalue weighted by molar-refractivity contribution is 14.1. The molecule has 0 saturated carbocycles. The zero-order valence-corrected chi connectivity index (χ0v) is 13.7. The van der Waals surface area contributed by atoms with Crippen molar-refractivity contribution < 1.29 is 9.47 Å². The topological polar surface area (TPSA) is 18.5 Å². The van der Waals surface area contributed by atoms with Gasteiger partial charge in [0.05, 0.1) is 12.2 Å². The highest BCUT2D eigenvalue weighted by Gasteiger charge is 2.28. The molecule has 4 heteroatoms. The summed E-state index contributed by atoms with van der Waals surface area (Å²) in [6.45, 7) is 4.34. The molecule has 0 aromatic carbocycles. The van der Waals surface area contributed by atoms with Gasteiger partial charge in [0, 0.05) is 15.3 Å². The maximum Gasteiger partial charge on any atom is 0.158 e. The highest BCUT2D eigenvalue weighted by atomic mass is 127. The Morgan fingerprint density at radius 2 is 1.93 bits per heavy atom. The van der Waals surface area contributed by atoms with Crippen LogP contribution in [-0.4, -0.2) is 27.4 Å². The zero-order valence-electron chi connectivity index (χ0n) is 9.42. The predicted molar refractivity (Wildman–Crippen MR) is 80.0 cm³/mol. The molecule has 90 valence electrons. The maximum atomic E-state index is 5.91. The molecule has 0 aromatic rings. The molecule has 1 heterocycles. The van der Waals surface area contributed by atoms with E-state index in [2.05, 4.69) is 59.0 Å². The van der Waals surface area contributed by atoms with Gasteiger partial charge >= 0.3 is 0 Å². The molecule has 15 heavy (non-hydrogen) atoms. The molecule has 2 nitrogen and oxygen atoms in total. The SMILES string of the molecule is CCC1CC(C)OC(CC(CI)CI)O1. The van der Waals surface area contributed by atoms with Crippen LogP contribution >= 0.6 is 45.2 Å². The average Bonchev–Trinajstić information content (AvgIpc) is 2.25. The second kappa shape index (κ2) is 7.66. The molecule has 1 rings (SSSR count). The van der Waals surface area contributed by atoms with Crippen molar-refractivity contribution in [3.05, 3.63) is 0 Å². The van der Waals surface area contributed by atoms with E-state index in [1.54, 1.807) is 0 Å². The van der Waals surface area contributed by atoms with E-state index in [1.807, 2.05) is 0 Å². The molecular weight excluding hydrogens is 418 g/mol. The third-order valence-corrected chi connectivity index (χ3v) is 5.23. The largest absolute Gasteiger partial charge is 0.350 e. The van der Waals surface area contributed by atoms with Gasteiger partial charge in [-0.2, -0.15) is 0 Å². The number of hydrogen-bond acceptors (Lipinski definition) is 2. The van der Waals surface area contributed by atoms with Crippen molar-refractivity contribution in [2.75, 3.05) is 8.86 Å². The lowest BCUT2D eigenvalue weighted by Crippen LogP contribution is -2.38. The highest BCUT2D eigenvalue weighted by Crippen LogP contribution is 2.25. The monoisotopic (exact) mass is 438 g/mol. The average molecular weight is 438 g/mol. The summed E-state index contributed by atoms with van der Waals surface area (Å²) >= 11 is 4.90. The van der Waals surface area contributed by atoms with E-state index in [-0.39, 0.29) is 6.29 Å². The Balaban J connectivity index is 2.39. The van der Waals surface area contributed by atoms with Crippen molar-refractivity contribution in [2.45, 2.75) is 51.6 Å². The van der Waals surface area contributed by atoms with E-state index in [0.717, 1.165) is 25.2 Å². The van der Waals surface area contributed by atoms with Crippen LogP contribution in [0.3, 0.4) is 0 Å². The summed E-state index contributed by atoms with van der Waals surface area (Å²) in [6, 6.07) is 0. The summed E-state index contributed by atoms with van der Waals surface area (Å²) in [7, 11) is 0. The predicted octanol–water partition coefficient (Wildman–Crippen LogP) is 3.79. The zero-order chi connectivity index (χ0) is 11.3. The summed E-state index contributed by atoms with van der Waals surface area (Å²) in [5.74, 6) is 0.721. The van der Waals surface area contributed by atoms with Crippen LogP contribution in [0.1, 0.15) is 33.1 Å². The van der Waals surface area contributed by atoms with Gasteiger partial charge in [0.2, 0.25) is 0 Å². The van der Waals surface area contributed by atoms with Crippen LogP contribution in [0.4, 0.5) is 0 Å². The van der Waals surface area contributed by atoms with Gasteiger partial charge in [-0.3, -0.25) is 0 Å². The molecule has 0 spiro atoms. The van der Waals surface area contributed by atoms with Crippen LogP contribution in [0, 0.1) is 5.92 Å². The fourth-order valence-electron chi connectivity index (χ4n) is 1.80. The minimum atomic E-state index is 0.0354. The van der Waals surface area contributed by atoms with E-state index in [0.29, 0.717) is 12.2 Å². The fourth-order valence-corrected chi connectivity index (χ4v) is 4.33. The van der Waals surface area contributed by atoms with Gasteiger partial charge in [-0.15, -0.1) is 0 Å². The Hall–Kier alpha value is 1.38. The lowest BCUT2D eigenvalue weighted by atomic mass is 10.1. The van der Waals surface area contributed by atoms with Crippen LogP contribution in [0.2, 0.25) is 0 Å². The standard InChI is InChI=1S/C11H20I2O2/c1-3-10-4-8(2)14-11(15-10)5-9(6-12)7-13/h8-11H,3-7H2,1-2H3. The molecule has 1 saturated heterocycles. The third kappa shape index (κ3) is 5.04. The summed E-state index contributed by atoms with van der Waals surface area (Å²) < 4.78 is 14.1. The van der Waals surface area contributed by atoms with Gasteiger partial charge in [-0.1, -0.05) is 52.1 Å². The van der Waals surface area contributed by atoms with Crippen molar-refractivity contribution in [3.8, 4) is 0 Å². The first kappa shape index (κ1) is 14.4. The molecule has 0 N–H and O–H groups in total. The van der Waals surface area contributed by atoms with Crippen LogP contribution in [0.5, 0.6) is 0 Å². The van der Waals surface area contributed by atoms with Crippen LogP contribution in [0.15, 0.2) is 0 Å². The molecule has 0 amide bonds. The van der Waals surface area contributed by atoms with Crippen molar-refractivity contribution in [2.24, 2.45) is 5.92 Å². The normalized spacial score (nSPS) is 32.2. The van der Waals surface area contributed by atoms with Gasteiger partial charge in [0.15, 0.2) is 6.29 Å². The molecule has 1 aliphatic heterocycles. The summed E-state index contributed by atoms with van der Waals surface area (Å²) in [6.07, 6.45) is 4.00. The molecule has 0 aromatic heterocycles. The Morgan fingerprint density at radius 1 is 1.27 bits per heavy atom. The first-order valence-electron chi connectivity index (χ1n) is 5.62. The van der Waals surface area contributed by atoms with Crippen LogP contribution < -0.4 is 0 Å². The second-order valence-electron chi connectivity index (χ2n) is 4.19. The van der Waals surface area contributed by atoms with Crippen molar-refractivity contribution in [3.63, 3.8) is 0 Å². The summed E-state index contributed by atoms with van der Waals surface area (Å²) in [5, 5.41) is 0. The van der Waals surface area contributed by atoms with Crippen molar-refractivity contribution >= 4 is 45.2 Å². The quantitative estimate of drug-likeness (QED) is 0.481. The van der Waals surface area contributed by atoms with E-state index < -0.39 is 0 Å². The van der Waals surface area contributed by atoms with Gasteiger partial charge < -0.3 is 9.47 Å². The van der Waals surface area contributed by atoms with Crippen LogP contribution in [0.25, 0.3) is 0 Å². The molecule has 1 aliphatic rings. The Labute approximate surface area is 120 Å². The van der Waals surface area contributed by atoms with Crippen LogP contribution in [-0.2, 0) is 9.47 Å². The minimum absolute atomic E-state index is 0.0354. The van der Waals surface area contributed by atoms with Gasteiger partial charge in [0.25, 0.3) is 0 Å². The molecule has 0 radical (unpaired) electrons. The first-order valence-corrected chi connectivity index (χ1v) is 8.67. The summed E-state index contributed by atoms with van der Waals surface area (Å²) in [5.41, 5.74) is 0. The van der Waals surface area contributed by atoms with E-state index in [4.69, 9.17) is 9.47 Å². The van der Waals surface area contributed by atoms with Crippen molar-refractivity contribution in [1.29, 1.82) is 0 Å². The number of alkyl halides is 2. The minimum Gasteiger partial charge on any atom is -0.350 e. The molecule has 1 fully saturated rings. The maximum absolute atomic E-state index is 5.91. The number of hydrogen-bond donors (Lipinski definition) is 0. The van der Waals surface area contributed by atoms with Gasteiger partial charge in [-0.05, 0) is 25.7 Å². The Kier molecular flexibility index (Phi) is 7.37.